The minimum Gasteiger partial charge on any atom is -0.496 e. The fourth-order valence-electron chi connectivity index (χ4n) is 2.25. The van der Waals surface area contributed by atoms with Crippen molar-refractivity contribution < 1.29 is 9.53 Å². The van der Waals surface area contributed by atoms with E-state index in [4.69, 9.17) is 16.3 Å². The summed E-state index contributed by atoms with van der Waals surface area (Å²) in [6.07, 6.45) is 1.90. The summed E-state index contributed by atoms with van der Waals surface area (Å²) >= 11 is 5.95. The van der Waals surface area contributed by atoms with E-state index in [2.05, 4.69) is 10.4 Å². The van der Waals surface area contributed by atoms with Crippen LogP contribution in [0.25, 0.3) is 0 Å². The Kier molecular flexibility index (Phi) is 4.53. The van der Waals surface area contributed by atoms with Crippen LogP contribution in [0.5, 0.6) is 5.75 Å². The molecular weight excluding hydrogens is 290 g/mol. The second-order valence-electron chi connectivity index (χ2n) is 4.88. The first-order valence-electron chi connectivity index (χ1n) is 6.57. The average Bonchev–Trinajstić information content (AvgIpc) is 2.77. The Morgan fingerprint density at radius 1 is 1.48 bits per heavy atom. The highest BCUT2D eigenvalue weighted by atomic mass is 35.5. The number of carbonyl (C=O) groups excluding carboxylic acids is 1. The summed E-state index contributed by atoms with van der Waals surface area (Å²) in [7, 11) is 3.37. The fraction of sp³-hybridized carbons (Fsp3) is 0.333. The Hall–Kier alpha value is -2.01. The molecule has 1 aromatic carbocycles. The SMILES string of the molecule is COc1ccc(Cl)cc1C(=O)NC(C)c1cn(C)nc1C. The second kappa shape index (κ2) is 6.18. The van der Waals surface area contributed by atoms with E-state index in [0.717, 1.165) is 11.3 Å². The van der Waals surface area contributed by atoms with Gasteiger partial charge in [-0.15, -0.1) is 0 Å². The van der Waals surface area contributed by atoms with E-state index in [9.17, 15) is 4.79 Å². The monoisotopic (exact) mass is 307 g/mol. The molecule has 0 saturated heterocycles. The first-order chi connectivity index (χ1) is 9.92. The van der Waals surface area contributed by atoms with Gasteiger partial charge in [-0.2, -0.15) is 5.10 Å². The molecule has 21 heavy (non-hydrogen) atoms. The minimum atomic E-state index is -0.231. The maximum absolute atomic E-state index is 12.4. The lowest BCUT2D eigenvalue weighted by Gasteiger charge is -2.15. The van der Waals surface area contributed by atoms with Crippen LogP contribution in [0, 0.1) is 6.92 Å². The topological polar surface area (TPSA) is 56.1 Å². The minimum absolute atomic E-state index is 0.158. The molecule has 1 amide bonds. The van der Waals surface area contributed by atoms with Crippen molar-refractivity contribution in [2.75, 3.05) is 7.11 Å². The molecule has 2 rings (SSSR count). The summed E-state index contributed by atoms with van der Waals surface area (Å²) in [4.78, 5) is 12.4. The molecule has 1 aromatic heterocycles. The van der Waals surface area contributed by atoms with Crippen LogP contribution < -0.4 is 10.1 Å². The van der Waals surface area contributed by atoms with Crippen molar-refractivity contribution in [2.45, 2.75) is 19.9 Å². The molecule has 1 N–H and O–H groups in total. The fourth-order valence-corrected chi connectivity index (χ4v) is 2.42. The van der Waals surface area contributed by atoms with Crippen molar-refractivity contribution in [1.82, 2.24) is 15.1 Å². The van der Waals surface area contributed by atoms with Crippen LogP contribution >= 0.6 is 11.6 Å². The first-order valence-corrected chi connectivity index (χ1v) is 6.94. The summed E-state index contributed by atoms with van der Waals surface area (Å²) in [5, 5.41) is 7.71. The van der Waals surface area contributed by atoms with Gasteiger partial charge in [-0.3, -0.25) is 9.48 Å². The maximum atomic E-state index is 12.4. The van der Waals surface area contributed by atoms with Gasteiger partial charge in [-0.05, 0) is 32.0 Å². The van der Waals surface area contributed by atoms with Crippen molar-refractivity contribution in [3.8, 4) is 5.75 Å². The quantitative estimate of drug-likeness (QED) is 0.945. The highest BCUT2D eigenvalue weighted by Crippen LogP contribution is 2.24. The van der Waals surface area contributed by atoms with Crippen LogP contribution in [-0.4, -0.2) is 22.8 Å². The number of hydrogen-bond acceptors (Lipinski definition) is 3. The molecule has 0 aliphatic heterocycles. The van der Waals surface area contributed by atoms with E-state index in [1.54, 1.807) is 22.9 Å². The van der Waals surface area contributed by atoms with Crippen molar-refractivity contribution in [3.63, 3.8) is 0 Å². The van der Waals surface area contributed by atoms with Crippen LogP contribution in [0.1, 0.15) is 34.6 Å². The molecule has 6 heteroatoms. The Balaban J connectivity index is 2.22. The van der Waals surface area contributed by atoms with Crippen molar-refractivity contribution in [2.24, 2.45) is 7.05 Å². The van der Waals surface area contributed by atoms with E-state index in [1.165, 1.54) is 7.11 Å². The zero-order valence-electron chi connectivity index (χ0n) is 12.5. The molecule has 0 saturated carbocycles. The lowest BCUT2D eigenvalue weighted by Crippen LogP contribution is -2.27. The lowest BCUT2D eigenvalue weighted by molar-refractivity contribution is 0.0937. The number of hydrogen-bond donors (Lipinski definition) is 1. The zero-order valence-corrected chi connectivity index (χ0v) is 13.2. The van der Waals surface area contributed by atoms with Gasteiger partial charge in [0.15, 0.2) is 0 Å². The largest absolute Gasteiger partial charge is 0.496 e. The third-order valence-electron chi connectivity index (χ3n) is 3.27. The Morgan fingerprint density at radius 2 is 2.19 bits per heavy atom. The predicted molar refractivity (Wildman–Crippen MR) is 81.8 cm³/mol. The number of aromatic nitrogens is 2. The number of nitrogens with one attached hydrogen (secondary N) is 1. The molecule has 0 fully saturated rings. The number of amides is 1. The number of halogens is 1. The van der Waals surface area contributed by atoms with Crippen molar-refractivity contribution in [1.29, 1.82) is 0 Å². The molecule has 0 radical (unpaired) electrons. The van der Waals surface area contributed by atoms with E-state index >= 15 is 0 Å². The third-order valence-corrected chi connectivity index (χ3v) is 3.51. The number of aryl methyl sites for hydroxylation is 2. The van der Waals surface area contributed by atoms with Gasteiger partial charge in [0.25, 0.3) is 5.91 Å². The summed E-state index contributed by atoms with van der Waals surface area (Å²) < 4.78 is 6.93. The maximum Gasteiger partial charge on any atom is 0.255 e. The van der Waals surface area contributed by atoms with Crippen LogP contribution in [0.2, 0.25) is 5.02 Å². The molecule has 0 spiro atoms. The molecule has 112 valence electrons. The average molecular weight is 308 g/mol. The van der Waals surface area contributed by atoms with Crippen molar-refractivity contribution in [3.05, 3.63) is 46.2 Å². The number of ether oxygens (including phenoxy) is 1. The number of nitrogens with zero attached hydrogens (tertiary/aromatic N) is 2. The summed E-state index contributed by atoms with van der Waals surface area (Å²) in [6, 6.07) is 4.80. The van der Waals surface area contributed by atoms with Gasteiger partial charge in [-0.25, -0.2) is 0 Å². The van der Waals surface area contributed by atoms with Crippen molar-refractivity contribution >= 4 is 17.5 Å². The Morgan fingerprint density at radius 3 is 2.76 bits per heavy atom. The number of carbonyl (C=O) groups is 1. The highest BCUT2D eigenvalue weighted by molar-refractivity contribution is 6.31. The molecule has 5 nitrogen and oxygen atoms in total. The van der Waals surface area contributed by atoms with Crippen LogP contribution in [0.15, 0.2) is 24.4 Å². The molecule has 0 aliphatic rings. The third kappa shape index (κ3) is 3.36. The van der Waals surface area contributed by atoms with Crippen LogP contribution in [-0.2, 0) is 7.05 Å². The normalized spacial score (nSPS) is 12.0. The van der Waals surface area contributed by atoms with Gasteiger partial charge in [0.1, 0.15) is 5.75 Å². The van der Waals surface area contributed by atoms with Gasteiger partial charge in [-0.1, -0.05) is 11.6 Å². The van der Waals surface area contributed by atoms with E-state index in [1.807, 2.05) is 27.1 Å². The Bertz CT molecular complexity index is 667. The molecular formula is C15H18ClN3O2. The van der Waals surface area contributed by atoms with Gasteiger partial charge in [0.05, 0.1) is 24.4 Å². The van der Waals surface area contributed by atoms with Gasteiger partial charge < -0.3 is 10.1 Å². The molecule has 1 unspecified atom stereocenters. The molecule has 1 atom stereocenters. The summed E-state index contributed by atoms with van der Waals surface area (Å²) in [5.41, 5.74) is 2.29. The predicted octanol–water partition coefficient (Wildman–Crippen LogP) is 2.88. The van der Waals surface area contributed by atoms with Gasteiger partial charge >= 0.3 is 0 Å². The molecule has 0 aliphatic carbocycles. The lowest BCUT2D eigenvalue weighted by atomic mass is 10.1. The summed E-state index contributed by atoms with van der Waals surface area (Å²) in [6.45, 7) is 3.83. The molecule has 1 heterocycles. The smallest absolute Gasteiger partial charge is 0.255 e. The number of rotatable bonds is 4. The van der Waals surface area contributed by atoms with E-state index in [0.29, 0.717) is 16.3 Å². The first kappa shape index (κ1) is 15.4. The van der Waals surface area contributed by atoms with Gasteiger partial charge in [0, 0.05) is 23.8 Å². The van der Waals surface area contributed by atoms with E-state index in [-0.39, 0.29) is 11.9 Å². The second-order valence-corrected chi connectivity index (χ2v) is 5.32. The van der Waals surface area contributed by atoms with Crippen LogP contribution in [0.4, 0.5) is 0 Å². The molecule has 0 bridgehead atoms. The summed E-state index contributed by atoms with van der Waals surface area (Å²) in [5.74, 6) is 0.261. The highest BCUT2D eigenvalue weighted by Gasteiger charge is 2.18. The Labute approximate surface area is 128 Å². The van der Waals surface area contributed by atoms with E-state index < -0.39 is 0 Å². The number of methoxy groups -OCH3 is 1. The zero-order chi connectivity index (χ0) is 15.6. The van der Waals surface area contributed by atoms with Crippen LogP contribution in [0.3, 0.4) is 0 Å². The van der Waals surface area contributed by atoms with Gasteiger partial charge in [0.2, 0.25) is 0 Å². The standard InChI is InChI=1S/C15H18ClN3O2/c1-9(13-8-19(3)18-10(13)2)17-15(20)12-7-11(16)5-6-14(12)21-4/h5-9H,1-4H3,(H,17,20). The molecule has 2 aromatic rings. The number of benzene rings is 1.